The Kier molecular flexibility index (Phi) is 9.59. The molecule has 30 heavy (non-hydrogen) atoms. The number of nitrogens with zero attached hydrogens (tertiary/aromatic N) is 1. The maximum atomic E-state index is 11.4. The summed E-state index contributed by atoms with van der Waals surface area (Å²) in [5.41, 5.74) is -0.992. The Labute approximate surface area is 184 Å². The first-order chi connectivity index (χ1) is 14.1. The van der Waals surface area contributed by atoms with E-state index in [0.717, 1.165) is 19.3 Å². The molecule has 2 saturated carbocycles. The van der Waals surface area contributed by atoms with Gasteiger partial charge in [0, 0.05) is 11.6 Å². The number of rotatable bonds is 11. The van der Waals surface area contributed by atoms with E-state index in [2.05, 4.69) is 11.8 Å². The molecule has 0 aromatic rings. The Balaban J connectivity index is 2.37. The van der Waals surface area contributed by atoms with Crippen molar-refractivity contribution in [3.05, 3.63) is 0 Å². The lowest BCUT2D eigenvalue weighted by molar-refractivity contribution is -0.623. The lowest BCUT2D eigenvalue weighted by Crippen LogP contribution is -2.67. The smallest absolute Gasteiger partial charge is 0.326 e. The zero-order chi connectivity index (χ0) is 22.4. The average Bonchev–Trinajstić information content (AvgIpc) is 2.73. The standard InChI is InChI=1S/C24H47NO5/c1-7-22(4,5)29-30-24(26,28-27)25(19(2)3)23(6,21-16-12-9-13-17-21)18-20-14-10-8-11-15-20/h19-21,26-27H,7-18H2,1-6H3. The molecule has 6 nitrogen and oxygen atoms in total. The van der Waals surface area contributed by atoms with E-state index in [1.807, 2.05) is 39.5 Å². The van der Waals surface area contributed by atoms with Crippen molar-refractivity contribution in [2.75, 3.05) is 0 Å². The molecular formula is C24H47NO5. The van der Waals surface area contributed by atoms with Crippen LogP contribution in [0.25, 0.3) is 0 Å². The molecule has 2 aliphatic rings. The van der Waals surface area contributed by atoms with Crippen LogP contribution in [-0.4, -0.2) is 38.5 Å². The van der Waals surface area contributed by atoms with Crippen molar-refractivity contribution >= 4 is 0 Å². The van der Waals surface area contributed by atoms with Gasteiger partial charge >= 0.3 is 6.10 Å². The van der Waals surface area contributed by atoms with Crippen molar-refractivity contribution in [3.63, 3.8) is 0 Å². The van der Waals surface area contributed by atoms with Gasteiger partial charge in [0.25, 0.3) is 0 Å². The van der Waals surface area contributed by atoms with E-state index in [1.54, 1.807) is 0 Å². The van der Waals surface area contributed by atoms with Crippen LogP contribution in [0.1, 0.15) is 119 Å². The highest BCUT2D eigenvalue weighted by molar-refractivity contribution is 4.98. The van der Waals surface area contributed by atoms with Crippen LogP contribution in [0.15, 0.2) is 0 Å². The first kappa shape index (κ1) is 26.0. The molecule has 0 spiro atoms. The Hall–Kier alpha value is -0.240. The minimum Gasteiger partial charge on any atom is -0.326 e. The monoisotopic (exact) mass is 429 g/mol. The molecule has 2 atom stereocenters. The van der Waals surface area contributed by atoms with Gasteiger partial charge in [0.05, 0.1) is 5.60 Å². The van der Waals surface area contributed by atoms with Crippen LogP contribution < -0.4 is 0 Å². The molecule has 0 amide bonds. The summed E-state index contributed by atoms with van der Waals surface area (Å²) in [4.78, 5) is 17.5. The predicted octanol–water partition coefficient (Wildman–Crippen LogP) is 6.24. The fourth-order valence-electron chi connectivity index (χ4n) is 5.73. The van der Waals surface area contributed by atoms with Gasteiger partial charge in [0.1, 0.15) is 0 Å². The number of hydrogen-bond acceptors (Lipinski definition) is 6. The van der Waals surface area contributed by atoms with Crippen LogP contribution in [0, 0.1) is 11.8 Å². The maximum Gasteiger partial charge on any atom is 0.405 e. The van der Waals surface area contributed by atoms with Gasteiger partial charge in [-0.3, -0.25) is 0 Å². The normalized spacial score (nSPS) is 24.2. The molecule has 0 bridgehead atoms. The molecule has 0 radical (unpaired) electrons. The fraction of sp³-hybridized carbons (Fsp3) is 1.00. The minimum absolute atomic E-state index is 0.119. The topological polar surface area (TPSA) is 71.4 Å². The molecule has 0 aromatic heterocycles. The van der Waals surface area contributed by atoms with Gasteiger partial charge in [0.15, 0.2) is 0 Å². The molecule has 2 N–H and O–H groups in total. The predicted molar refractivity (Wildman–Crippen MR) is 118 cm³/mol. The summed E-state index contributed by atoms with van der Waals surface area (Å²) in [6.07, 6.45) is 11.5. The van der Waals surface area contributed by atoms with Gasteiger partial charge in [-0.25, -0.2) is 15.0 Å². The molecule has 0 aliphatic heterocycles. The second kappa shape index (κ2) is 11.1. The van der Waals surface area contributed by atoms with E-state index in [0.29, 0.717) is 18.3 Å². The molecule has 6 heteroatoms. The largest absolute Gasteiger partial charge is 0.405 e. The Morgan fingerprint density at radius 1 is 0.900 bits per heavy atom. The first-order valence-corrected chi connectivity index (χ1v) is 12.3. The Bertz CT molecular complexity index is 502. The SMILES string of the molecule is CCC(C)(C)OOC(O)(OO)N(C(C)C)C(C)(CC1CCCCC1)C1CCCCC1. The van der Waals surface area contributed by atoms with E-state index in [9.17, 15) is 10.4 Å². The van der Waals surface area contributed by atoms with Crippen LogP contribution in [0.2, 0.25) is 0 Å². The molecule has 2 aliphatic carbocycles. The number of aliphatic hydroxyl groups is 1. The lowest BCUT2D eigenvalue weighted by atomic mass is 9.68. The average molecular weight is 430 g/mol. The molecular weight excluding hydrogens is 382 g/mol. The zero-order valence-electron chi connectivity index (χ0n) is 20.3. The summed E-state index contributed by atoms with van der Waals surface area (Å²) in [5.74, 6) is 1.02. The van der Waals surface area contributed by atoms with Crippen molar-refractivity contribution in [3.8, 4) is 0 Å². The second-order valence-corrected chi connectivity index (χ2v) is 10.8. The number of hydrogen-bond donors (Lipinski definition) is 2. The summed E-state index contributed by atoms with van der Waals surface area (Å²) < 4.78 is 0. The highest BCUT2D eigenvalue weighted by Gasteiger charge is 2.55. The van der Waals surface area contributed by atoms with Gasteiger partial charge in [-0.05, 0) is 72.1 Å². The van der Waals surface area contributed by atoms with Crippen LogP contribution in [0.3, 0.4) is 0 Å². The van der Waals surface area contributed by atoms with E-state index in [1.165, 1.54) is 51.4 Å². The van der Waals surface area contributed by atoms with Gasteiger partial charge in [0.2, 0.25) is 0 Å². The van der Waals surface area contributed by atoms with Gasteiger partial charge < -0.3 is 5.11 Å². The summed E-state index contributed by atoms with van der Waals surface area (Å²) >= 11 is 0. The van der Waals surface area contributed by atoms with Crippen molar-refractivity contribution in [1.29, 1.82) is 0 Å². The Morgan fingerprint density at radius 3 is 1.90 bits per heavy atom. The van der Waals surface area contributed by atoms with Gasteiger partial charge in [-0.2, -0.15) is 9.78 Å². The molecule has 0 heterocycles. The van der Waals surface area contributed by atoms with E-state index in [-0.39, 0.29) is 11.6 Å². The van der Waals surface area contributed by atoms with Crippen LogP contribution in [0.4, 0.5) is 0 Å². The summed E-state index contributed by atoms with van der Waals surface area (Å²) in [5, 5.41) is 21.3. The molecule has 0 saturated heterocycles. The van der Waals surface area contributed by atoms with Crippen molar-refractivity contribution in [2.45, 2.75) is 142 Å². The van der Waals surface area contributed by atoms with E-state index < -0.39 is 11.7 Å². The lowest BCUT2D eigenvalue weighted by Gasteiger charge is -2.54. The highest BCUT2D eigenvalue weighted by atomic mass is 17.3. The van der Waals surface area contributed by atoms with Crippen LogP contribution >= 0.6 is 0 Å². The van der Waals surface area contributed by atoms with Crippen molar-refractivity contribution in [1.82, 2.24) is 4.90 Å². The third-order valence-electron chi connectivity index (χ3n) is 7.63. The molecule has 0 aromatic carbocycles. The fourth-order valence-corrected chi connectivity index (χ4v) is 5.73. The third-order valence-corrected chi connectivity index (χ3v) is 7.63. The minimum atomic E-state index is -2.36. The molecule has 2 rings (SSSR count). The first-order valence-electron chi connectivity index (χ1n) is 12.3. The van der Waals surface area contributed by atoms with Gasteiger partial charge in [-0.15, -0.1) is 0 Å². The van der Waals surface area contributed by atoms with Crippen molar-refractivity contribution < 1.29 is 25.0 Å². The highest BCUT2D eigenvalue weighted by Crippen LogP contribution is 2.46. The maximum absolute atomic E-state index is 11.4. The van der Waals surface area contributed by atoms with E-state index in [4.69, 9.17) is 9.78 Å². The van der Waals surface area contributed by atoms with Crippen LogP contribution in [0.5, 0.6) is 0 Å². The molecule has 178 valence electrons. The van der Waals surface area contributed by atoms with Gasteiger partial charge in [-0.1, -0.05) is 58.3 Å². The summed E-state index contributed by atoms with van der Waals surface area (Å²) in [7, 11) is 0. The summed E-state index contributed by atoms with van der Waals surface area (Å²) in [6, 6.07) is -0.119. The Morgan fingerprint density at radius 2 is 1.43 bits per heavy atom. The van der Waals surface area contributed by atoms with Crippen molar-refractivity contribution in [2.24, 2.45) is 11.8 Å². The zero-order valence-corrected chi connectivity index (χ0v) is 20.3. The molecule has 2 fully saturated rings. The second-order valence-electron chi connectivity index (χ2n) is 10.8. The third kappa shape index (κ3) is 6.39. The molecule has 2 unspecified atom stereocenters. The quantitative estimate of drug-likeness (QED) is 0.230. The van der Waals surface area contributed by atoms with Crippen LogP contribution in [-0.2, 0) is 14.7 Å². The van der Waals surface area contributed by atoms with E-state index >= 15 is 0 Å². The summed E-state index contributed by atoms with van der Waals surface area (Å²) in [6.45, 7) is 12.0.